The first-order valence-corrected chi connectivity index (χ1v) is 9.84. The van der Waals surface area contributed by atoms with Crippen LogP contribution >= 0.6 is 0 Å². The van der Waals surface area contributed by atoms with Crippen LogP contribution in [0.3, 0.4) is 0 Å². The van der Waals surface area contributed by atoms with Gasteiger partial charge in [-0.3, -0.25) is 24.6 Å². The van der Waals surface area contributed by atoms with Gasteiger partial charge in [0.2, 0.25) is 5.91 Å². The predicted octanol–water partition coefficient (Wildman–Crippen LogP) is 2.14. The zero-order valence-electron chi connectivity index (χ0n) is 16.9. The molecule has 2 amide bonds. The van der Waals surface area contributed by atoms with Gasteiger partial charge in [0, 0.05) is 30.8 Å². The summed E-state index contributed by atoms with van der Waals surface area (Å²) in [6, 6.07) is 9.49. The van der Waals surface area contributed by atoms with E-state index in [1.807, 2.05) is 25.1 Å². The lowest BCUT2D eigenvalue weighted by atomic mass is 10.1. The van der Waals surface area contributed by atoms with Crippen LogP contribution in [0.25, 0.3) is 0 Å². The van der Waals surface area contributed by atoms with Gasteiger partial charge >= 0.3 is 0 Å². The Balaban J connectivity index is 1.55. The van der Waals surface area contributed by atoms with Crippen LogP contribution in [-0.4, -0.2) is 54.5 Å². The Morgan fingerprint density at radius 1 is 1.16 bits per heavy atom. The van der Waals surface area contributed by atoms with E-state index in [1.165, 1.54) is 23.1 Å². The van der Waals surface area contributed by atoms with Gasteiger partial charge in [0.05, 0.1) is 10.6 Å². The molecule has 162 valence electrons. The Morgan fingerprint density at radius 3 is 2.74 bits per heavy atom. The van der Waals surface area contributed by atoms with E-state index in [2.05, 4.69) is 0 Å². The van der Waals surface area contributed by atoms with Crippen molar-refractivity contribution in [2.24, 2.45) is 0 Å². The first kappa shape index (κ1) is 20.5. The number of anilines is 1. The standard InChI is InChI=1S/C21H21N3O7/c1-2-22(11-14-4-3-5-18-21(14)30-9-8-29-18)19(25)12-23-16-10-15(24(27)28)6-7-17(16)31-13-20(23)26/h3-7,10H,2,8-9,11-13H2,1H3. The molecule has 0 atom stereocenters. The van der Waals surface area contributed by atoms with Crippen LogP contribution in [0.1, 0.15) is 12.5 Å². The van der Waals surface area contributed by atoms with Crippen molar-refractivity contribution in [3.05, 3.63) is 52.1 Å². The number of likely N-dealkylation sites (N-methyl/N-ethyl adjacent to an activating group) is 1. The van der Waals surface area contributed by atoms with Crippen molar-refractivity contribution in [1.82, 2.24) is 4.90 Å². The summed E-state index contributed by atoms with van der Waals surface area (Å²) in [6.07, 6.45) is 0. The maximum Gasteiger partial charge on any atom is 0.271 e. The summed E-state index contributed by atoms with van der Waals surface area (Å²) in [4.78, 5) is 38.9. The maximum atomic E-state index is 13.1. The zero-order valence-corrected chi connectivity index (χ0v) is 16.9. The summed E-state index contributed by atoms with van der Waals surface area (Å²) in [5, 5.41) is 11.1. The second kappa shape index (κ2) is 8.50. The fourth-order valence-corrected chi connectivity index (χ4v) is 3.55. The van der Waals surface area contributed by atoms with Crippen LogP contribution in [0.5, 0.6) is 17.2 Å². The third-order valence-electron chi connectivity index (χ3n) is 5.13. The highest BCUT2D eigenvalue weighted by molar-refractivity contribution is 6.02. The second-order valence-electron chi connectivity index (χ2n) is 7.03. The van der Waals surface area contributed by atoms with Crippen LogP contribution in [0, 0.1) is 10.1 Å². The van der Waals surface area contributed by atoms with Crippen molar-refractivity contribution in [1.29, 1.82) is 0 Å². The topological polar surface area (TPSA) is 111 Å². The number of hydrogen-bond donors (Lipinski definition) is 0. The van der Waals surface area contributed by atoms with Crippen molar-refractivity contribution < 1.29 is 28.7 Å². The molecule has 0 spiro atoms. The summed E-state index contributed by atoms with van der Waals surface area (Å²) >= 11 is 0. The molecule has 0 bridgehead atoms. The smallest absolute Gasteiger partial charge is 0.271 e. The molecule has 0 aromatic heterocycles. The highest BCUT2D eigenvalue weighted by Gasteiger charge is 2.30. The molecule has 4 rings (SSSR count). The fourth-order valence-electron chi connectivity index (χ4n) is 3.55. The van der Waals surface area contributed by atoms with Gasteiger partial charge in [0.25, 0.3) is 11.6 Å². The van der Waals surface area contributed by atoms with Gasteiger partial charge in [0.1, 0.15) is 25.5 Å². The third-order valence-corrected chi connectivity index (χ3v) is 5.13. The number of nitro benzene ring substituents is 1. The Morgan fingerprint density at radius 2 is 1.97 bits per heavy atom. The van der Waals surface area contributed by atoms with E-state index in [0.717, 1.165) is 5.56 Å². The Kier molecular flexibility index (Phi) is 5.61. The van der Waals surface area contributed by atoms with Gasteiger partial charge in [0.15, 0.2) is 18.1 Å². The molecular weight excluding hydrogens is 406 g/mol. The second-order valence-corrected chi connectivity index (χ2v) is 7.03. The molecule has 2 aromatic carbocycles. The van der Waals surface area contributed by atoms with Crippen molar-refractivity contribution in [3.8, 4) is 17.2 Å². The lowest BCUT2D eigenvalue weighted by Crippen LogP contribution is -2.46. The van der Waals surface area contributed by atoms with Crippen molar-refractivity contribution in [3.63, 3.8) is 0 Å². The fraction of sp³-hybridized carbons (Fsp3) is 0.333. The van der Waals surface area contributed by atoms with Gasteiger partial charge in [-0.05, 0) is 19.1 Å². The first-order chi connectivity index (χ1) is 15.0. The van der Waals surface area contributed by atoms with E-state index in [9.17, 15) is 19.7 Å². The molecule has 0 fully saturated rings. The number of benzene rings is 2. The lowest BCUT2D eigenvalue weighted by molar-refractivity contribution is -0.384. The molecular formula is C21H21N3O7. The molecule has 0 unspecified atom stereocenters. The summed E-state index contributed by atoms with van der Waals surface area (Å²) in [7, 11) is 0. The molecule has 10 heteroatoms. The van der Waals surface area contributed by atoms with E-state index in [4.69, 9.17) is 14.2 Å². The number of nitrogens with zero attached hydrogens (tertiary/aromatic N) is 3. The van der Waals surface area contributed by atoms with E-state index in [0.29, 0.717) is 37.0 Å². The molecule has 0 saturated heterocycles. The van der Waals surface area contributed by atoms with E-state index in [-0.39, 0.29) is 37.0 Å². The van der Waals surface area contributed by atoms with E-state index >= 15 is 0 Å². The molecule has 0 saturated carbocycles. The SMILES string of the molecule is CCN(Cc1cccc2c1OCCO2)C(=O)CN1C(=O)COc2ccc([N+](=O)[O-])cc21. The van der Waals surface area contributed by atoms with E-state index in [1.54, 1.807) is 4.90 Å². The molecule has 2 aliphatic rings. The predicted molar refractivity (Wildman–Crippen MR) is 109 cm³/mol. The van der Waals surface area contributed by atoms with Crippen LogP contribution in [0.2, 0.25) is 0 Å². The quantitative estimate of drug-likeness (QED) is 0.513. The van der Waals surface area contributed by atoms with Crippen molar-refractivity contribution in [2.75, 3.05) is 37.8 Å². The number of hydrogen-bond acceptors (Lipinski definition) is 7. The number of ether oxygens (including phenoxy) is 3. The van der Waals surface area contributed by atoms with Crippen LogP contribution in [0.15, 0.2) is 36.4 Å². The molecule has 2 aliphatic heterocycles. The molecule has 0 N–H and O–H groups in total. The third kappa shape index (κ3) is 4.09. The van der Waals surface area contributed by atoms with Gasteiger partial charge in [-0.2, -0.15) is 0 Å². The molecule has 0 aliphatic carbocycles. The van der Waals surface area contributed by atoms with Gasteiger partial charge < -0.3 is 19.1 Å². The highest BCUT2D eigenvalue weighted by Crippen LogP contribution is 2.36. The van der Waals surface area contributed by atoms with Crippen molar-refractivity contribution in [2.45, 2.75) is 13.5 Å². The lowest BCUT2D eigenvalue weighted by Gasteiger charge is -2.31. The number of carbonyl (C=O) groups excluding carboxylic acids is 2. The number of non-ortho nitro benzene ring substituents is 1. The minimum atomic E-state index is -0.557. The number of para-hydroxylation sites is 1. The number of carbonyl (C=O) groups is 2. The maximum absolute atomic E-state index is 13.1. The number of amides is 2. The molecule has 0 radical (unpaired) electrons. The Labute approximate surface area is 178 Å². The highest BCUT2D eigenvalue weighted by atomic mass is 16.6. The normalized spacial score (nSPS) is 14.5. The minimum Gasteiger partial charge on any atom is -0.486 e. The van der Waals surface area contributed by atoms with Gasteiger partial charge in [-0.15, -0.1) is 0 Å². The first-order valence-electron chi connectivity index (χ1n) is 9.84. The zero-order chi connectivity index (χ0) is 22.0. The van der Waals surface area contributed by atoms with Gasteiger partial charge in [-0.25, -0.2) is 0 Å². The van der Waals surface area contributed by atoms with Crippen LogP contribution in [0.4, 0.5) is 11.4 Å². The summed E-state index contributed by atoms with van der Waals surface area (Å²) in [6.45, 7) is 2.94. The number of fused-ring (bicyclic) bond motifs is 2. The van der Waals surface area contributed by atoms with Crippen LogP contribution in [-0.2, 0) is 16.1 Å². The summed E-state index contributed by atoms with van der Waals surface area (Å²) < 4.78 is 16.7. The van der Waals surface area contributed by atoms with E-state index < -0.39 is 10.8 Å². The Hall–Kier alpha value is -3.82. The molecule has 31 heavy (non-hydrogen) atoms. The summed E-state index contributed by atoms with van der Waals surface area (Å²) in [5.74, 6) is 0.833. The molecule has 2 heterocycles. The molecule has 2 aromatic rings. The largest absolute Gasteiger partial charge is 0.486 e. The van der Waals surface area contributed by atoms with Crippen molar-refractivity contribution >= 4 is 23.2 Å². The molecule has 10 nitrogen and oxygen atoms in total. The minimum absolute atomic E-state index is 0.185. The van der Waals surface area contributed by atoms with Crippen LogP contribution < -0.4 is 19.1 Å². The average molecular weight is 427 g/mol. The summed E-state index contributed by atoms with van der Waals surface area (Å²) in [5.41, 5.74) is 0.829. The number of nitro groups is 1. The van der Waals surface area contributed by atoms with Gasteiger partial charge in [-0.1, -0.05) is 12.1 Å². The number of rotatable bonds is 6. The average Bonchev–Trinajstić information content (AvgIpc) is 2.78. The Bertz CT molecular complexity index is 1040. The monoisotopic (exact) mass is 427 g/mol.